The number of hydrogen-bond acceptors (Lipinski definition) is 3. The van der Waals surface area contributed by atoms with Gasteiger partial charge in [-0.1, -0.05) is 34.1 Å². The number of nitrogens with one attached hydrogen (secondary N) is 1. The molecule has 2 saturated heterocycles. The number of hydrogen-bond donors (Lipinski definition) is 1. The zero-order valence-corrected chi connectivity index (χ0v) is 12.6. The molecule has 0 saturated carbocycles. The highest BCUT2D eigenvalue weighted by Crippen LogP contribution is 2.33. The van der Waals surface area contributed by atoms with Gasteiger partial charge in [-0.2, -0.15) is 0 Å². The van der Waals surface area contributed by atoms with E-state index in [-0.39, 0.29) is 11.9 Å². The minimum absolute atomic E-state index is 0.151. The lowest BCUT2D eigenvalue weighted by Gasteiger charge is -2.47. The van der Waals surface area contributed by atoms with Crippen LogP contribution in [0.25, 0.3) is 0 Å². The fourth-order valence-electron chi connectivity index (χ4n) is 3.05. The predicted octanol–water partition coefficient (Wildman–Crippen LogP) is 1.24. The molecule has 2 fully saturated rings. The fourth-order valence-corrected chi connectivity index (χ4v) is 3.55. The maximum Gasteiger partial charge on any atom is 0.244 e. The van der Waals surface area contributed by atoms with E-state index in [1.165, 1.54) is 0 Å². The zero-order valence-electron chi connectivity index (χ0n) is 11.0. The van der Waals surface area contributed by atoms with Gasteiger partial charge in [-0.3, -0.25) is 9.69 Å². The summed E-state index contributed by atoms with van der Waals surface area (Å²) < 4.78 is 1.01. The first-order valence-electron chi connectivity index (χ1n) is 6.64. The molecule has 2 heterocycles. The summed E-state index contributed by atoms with van der Waals surface area (Å²) >= 11 is 3.58. The lowest BCUT2D eigenvalue weighted by molar-refractivity contribution is -0.144. The summed E-state index contributed by atoms with van der Waals surface area (Å²) in [4.78, 5) is 16.8. The molecule has 3 rings (SSSR count). The maximum absolute atomic E-state index is 12.6. The van der Waals surface area contributed by atoms with Crippen molar-refractivity contribution in [2.75, 3.05) is 33.2 Å². The van der Waals surface area contributed by atoms with Crippen LogP contribution in [0.1, 0.15) is 11.6 Å². The Balaban J connectivity index is 2.00. The highest BCUT2D eigenvalue weighted by atomic mass is 79.9. The molecule has 0 bridgehead atoms. The van der Waals surface area contributed by atoms with Crippen molar-refractivity contribution in [3.8, 4) is 0 Å². The number of rotatable bonds is 1. The van der Waals surface area contributed by atoms with Crippen molar-refractivity contribution < 1.29 is 4.79 Å². The highest BCUT2D eigenvalue weighted by molar-refractivity contribution is 9.10. The Morgan fingerprint density at radius 1 is 1.37 bits per heavy atom. The molecule has 2 atom stereocenters. The van der Waals surface area contributed by atoms with Gasteiger partial charge in [0.05, 0.1) is 0 Å². The minimum atomic E-state index is -0.151. The second-order valence-electron chi connectivity index (χ2n) is 5.24. The smallest absolute Gasteiger partial charge is 0.244 e. The number of carbonyl (C=O) groups excluding carboxylic acids is 1. The van der Waals surface area contributed by atoms with Crippen LogP contribution >= 0.6 is 15.9 Å². The number of nitrogens with zero attached hydrogens (tertiary/aromatic N) is 2. The normalized spacial score (nSPS) is 28.3. The molecule has 0 aliphatic carbocycles. The third kappa shape index (κ3) is 2.30. The first kappa shape index (κ1) is 13.1. The maximum atomic E-state index is 12.6. The van der Waals surface area contributed by atoms with Crippen LogP contribution < -0.4 is 5.32 Å². The summed E-state index contributed by atoms with van der Waals surface area (Å²) in [6, 6.07) is 8.30. The second kappa shape index (κ2) is 5.23. The number of likely N-dealkylation sites (N-methyl/N-ethyl adjacent to an activating group) is 1. The van der Waals surface area contributed by atoms with E-state index in [9.17, 15) is 4.79 Å². The van der Waals surface area contributed by atoms with Gasteiger partial charge >= 0.3 is 0 Å². The summed E-state index contributed by atoms with van der Waals surface area (Å²) in [5.74, 6) is 0.199. The topological polar surface area (TPSA) is 35.6 Å². The minimum Gasteiger partial charge on any atom is -0.342 e. The van der Waals surface area contributed by atoms with E-state index in [1.807, 2.05) is 36.2 Å². The van der Waals surface area contributed by atoms with Gasteiger partial charge in [-0.15, -0.1) is 0 Å². The molecule has 0 spiro atoms. The van der Waals surface area contributed by atoms with E-state index in [4.69, 9.17) is 0 Å². The summed E-state index contributed by atoms with van der Waals surface area (Å²) in [6.45, 7) is 3.65. The standard InChI is InChI=1S/C14H18BrN3O/c1-17-9-10-8-16-6-7-18(10)13(14(17)19)11-4-2-3-5-12(11)15/h2-5,10,13,16H,6-9H2,1H3. The average molecular weight is 324 g/mol. The Kier molecular flexibility index (Phi) is 3.60. The van der Waals surface area contributed by atoms with E-state index in [0.717, 1.165) is 36.2 Å². The van der Waals surface area contributed by atoms with E-state index < -0.39 is 0 Å². The molecule has 0 aromatic heterocycles. The van der Waals surface area contributed by atoms with E-state index in [2.05, 4.69) is 26.1 Å². The molecule has 2 aliphatic heterocycles. The van der Waals surface area contributed by atoms with Gasteiger partial charge in [-0.25, -0.2) is 0 Å². The molecular formula is C14H18BrN3O. The molecule has 19 heavy (non-hydrogen) atoms. The summed E-state index contributed by atoms with van der Waals surface area (Å²) in [5, 5.41) is 3.41. The third-order valence-electron chi connectivity index (χ3n) is 4.02. The van der Waals surface area contributed by atoms with Gasteiger partial charge < -0.3 is 10.2 Å². The highest BCUT2D eigenvalue weighted by Gasteiger charge is 2.41. The molecule has 2 aliphatic rings. The third-order valence-corrected chi connectivity index (χ3v) is 4.74. The van der Waals surface area contributed by atoms with Crippen molar-refractivity contribution in [1.82, 2.24) is 15.1 Å². The van der Waals surface area contributed by atoms with Crippen molar-refractivity contribution in [3.05, 3.63) is 34.3 Å². The first-order chi connectivity index (χ1) is 9.18. The second-order valence-corrected chi connectivity index (χ2v) is 6.09. The monoisotopic (exact) mass is 323 g/mol. The molecule has 1 amide bonds. The molecular weight excluding hydrogens is 306 g/mol. The first-order valence-corrected chi connectivity index (χ1v) is 7.43. The largest absolute Gasteiger partial charge is 0.342 e. The van der Waals surface area contributed by atoms with E-state index in [0.29, 0.717) is 6.04 Å². The van der Waals surface area contributed by atoms with Gasteiger partial charge in [0.15, 0.2) is 0 Å². The predicted molar refractivity (Wildman–Crippen MR) is 77.9 cm³/mol. The number of benzene rings is 1. The molecule has 102 valence electrons. The van der Waals surface area contributed by atoms with Gasteiger partial charge in [0, 0.05) is 43.7 Å². The van der Waals surface area contributed by atoms with Crippen LogP contribution in [0.5, 0.6) is 0 Å². The van der Waals surface area contributed by atoms with Crippen LogP contribution in [0.4, 0.5) is 0 Å². The van der Waals surface area contributed by atoms with Gasteiger partial charge in [-0.05, 0) is 11.6 Å². The summed E-state index contributed by atoms with van der Waals surface area (Å²) in [7, 11) is 1.90. The Bertz CT molecular complexity index is 493. The molecule has 1 aromatic carbocycles. The lowest BCUT2D eigenvalue weighted by Crippen LogP contribution is -2.63. The SMILES string of the molecule is CN1CC2CNCCN2C(c2ccccc2Br)C1=O. The van der Waals surface area contributed by atoms with Crippen molar-refractivity contribution >= 4 is 21.8 Å². The van der Waals surface area contributed by atoms with Crippen LogP contribution in [0.3, 0.4) is 0 Å². The summed E-state index contributed by atoms with van der Waals surface area (Å²) in [6.07, 6.45) is 0. The van der Waals surface area contributed by atoms with Gasteiger partial charge in [0.25, 0.3) is 0 Å². The summed E-state index contributed by atoms with van der Waals surface area (Å²) in [5.41, 5.74) is 1.07. The van der Waals surface area contributed by atoms with Crippen LogP contribution in [0, 0.1) is 0 Å². The number of carbonyl (C=O) groups is 1. The molecule has 2 unspecified atom stereocenters. The van der Waals surface area contributed by atoms with Gasteiger partial charge in [0.2, 0.25) is 5.91 Å². The number of halogens is 1. The van der Waals surface area contributed by atoms with Crippen LogP contribution in [0.15, 0.2) is 28.7 Å². The van der Waals surface area contributed by atoms with Crippen molar-refractivity contribution in [2.24, 2.45) is 0 Å². The Hall–Kier alpha value is -0.910. The quantitative estimate of drug-likeness (QED) is 0.844. The molecule has 4 nitrogen and oxygen atoms in total. The number of amides is 1. The Morgan fingerprint density at radius 3 is 2.95 bits per heavy atom. The van der Waals surface area contributed by atoms with E-state index in [1.54, 1.807) is 0 Å². The zero-order chi connectivity index (χ0) is 13.4. The van der Waals surface area contributed by atoms with Crippen molar-refractivity contribution in [3.63, 3.8) is 0 Å². The fraction of sp³-hybridized carbons (Fsp3) is 0.500. The van der Waals surface area contributed by atoms with Crippen molar-refractivity contribution in [1.29, 1.82) is 0 Å². The Labute approximate surface area is 121 Å². The lowest BCUT2D eigenvalue weighted by atomic mass is 9.97. The van der Waals surface area contributed by atoms with Gasteiger partial charge in [0.1, 0.15) is 6.04 Å². The molecule has 5 heteroatoms. The Morgan fingerprint density at radius 2 is 2.16 bits per heavy atom. The molecule has 1 N–H and O–H groups in total. The molecule has 1 aromatic rings. The van der Waals surface area contributed by atoms with Crippen molar-refractivity contribution in [2.45, 2.75) is 12.1 Å². The number of piperazine rings is 2. The van der Waals surface area contributed by atoms with E-state index >= 15 is 0 Å². The number of fused-ring (bicyclic) bond motifs is 1. The van der Waals surface area contributed by atoms with Crippen LogP contribution in [-0.4, -0.2) is 55.0 Å². The molecule has 0 radical (unpaired) electrons. The van der Waals surface area contributed by atoms with Crippen LogP contribution in [-0.2, 0) is 4.79 Å². The van der Waals surface area contributed by atoms with Crippen LogP contribution in [0.2, 0.25) is 0 Å². The average Bonchev–Trinajstić information content (AvgIpc) is 2.42.